The lowest BCUT2D eigenvalue weighted by Crippen LogP contribution is -3.13. The van der Waals surface area contributed by atoms with Gasteiger partial charge in [-0.2, -0.15) is 0 Å². The number of hydrogen-bond donors (Lipinski definition) is 1. The molecule has 0 aliphatic carbocycles. The number of anilines is 1. The minimum absolute atomic E-state index is 0.855. The van der Waals surface area contributed by atoms with E-state index in [0.29, 0.717) is 0 Å². The van der Waals surface area contributed by atoms with Crippen LogP contribution in [0.5, 0.6) is 0 Å². The molecule has 0 spiro atoms. The van der Waals surface area contributed by atoms with Crippen LogP contribution in [0.25, 0.3) is 11.1 Å². The number of nitrogens with zero attached hydrogens (tertiary/aromatic N) is 3. The summed E-state index contributed by atoms with van der Waals surface area (Å²) in [6, 6.07) is 21.4. The molecule has 1 N–H and O–H groups in total. The van der Waals surface area contributed by atoms with Gasteiger partial charge in [0.2, 0.25) is 5.95 Å². The van der Waals surface area contributed by atoms with Crippen molar-refractivity contribution in [3.05, 3.63) is 78.6 Å². The highest BCUT2D eigenvalue weighted by atomic mass is 15.3. The summed E-state index contributed by atoms with van der Waals surface area (Å²) in [4.78, 5) is 12.6. The molecule has 4 heteroatoms. The van der Waals surface area contributed by atoms with Crippen molar-refractivity contribution >= 4 is 5.95 Å². The zero-order valence-electron chi connectivity index (χ0n) is 14.3. The van der Waals surface area contributed by atoms with E-state index in [1.807, 2.05) is 18.5 Å². The van der Waals surface area contributed by atoms with E-state index in [0.717, 1.165) is 38.7 Å². The maximum Gasteiger partial charge on any atom is 0.225 e. The van der Waals surface area contributed by atoms with E-state index >= 15 is 0 Å². The molecule has 2 aromatic carbocycles. The molecular weight excluding hydrogens is 308 g/mol. The largest absolute Gasteiger partial charge is 0.330 e. The number of rotatable bonds is 4. The zero-order chi connectivity index (χ0) is 16.9. The number of nitrogens with one attached hydrogen (secondary N) is 1. The van der Waals surface area contributed by atoms with Crippen LogP contribution in [0.15, 0.2) is 73.1 Å². The third-order valence-electron chi connectivity index (χ3n) is 4.82. The minimum Gasteiger partial charge on any atom is -0.330 e. The van der Waals surface area contributed by atoms with Gasteiger partial charge in [0, 0.05) is 18.0 Å². The van der Waals surface area contributed by atoms with E-state index in [1.54, 1.807) is 4.90 Å². The van der Waals surface area contributed by atoms with Gasteiger partial charge in [-0.15, -0.1) is 0 Å². The summed E-state index contributed by atoms with van der Waals surface area (Å²) in [7, 11) is 0. The Balaban J connectivity index is 1.34. The van der Waals surface area contributed by atoms with Crippen LogP contribution in [0.1, 0.15) is 5.56 Å². The summed E-state index contributed by atoms with van der Waals surface area (Å²) in [5, 5.41) is 0. The van der Waals surface area contributed by atoms with E-state index in [2.05, 4.69) is 69.5 Å². The molecule has 1 aliphatic rings. The zero-order valence-corrected chi connectivity index (χ0v) is 14.3. The first-order valence-corrected chi connectivity index (χ1v) is 8.88. The Morgan fingerprint density at radius 1 is 0.760 bits per heavy atom. The van der Waals surface area contributed by atoms with Crippen LogP contribution in [0.3, 0.4) is 0 Å². The molecular formula is C21H23N4+. The van der Waals surface area contributed by atoms with Crippen molar-refractivity contribution in [1.29, 1.82) is 0 Å². The molecule has 25 heavy (non-hydrogen) atoms. The number of benzene rings is 2. The Hall–Kier alpha value is -2.72. The van der Waals surface area contributed by atoms with Crippen molar-refractivity contribution in [1.82, 2.24) is 9.97 Å². The minimum atomic E-state index is 0.855. The van der Waals surface area contributed by atoms with Gasteiger partial charge in [0.15, 0.2) is 0 Å². The standard InChI is InChI=1S/C21H22N4/c1-2-5-19(6-3-1)20-9-7-18(8-10-20)17-24-13-15-25(16-14-24)21-22-11-4-12-23-21/h1-12H,13-17H2/p+1. The average Bonchev–Trinajstić information content (AvgIpc) is 2.71. The van der Waals surface area contributed by atoms with Crippen LogP contribution in [0.2, 0.25) is 0 Å². The van der Waals surface area contributed by atoms with Crippen LogP contribution >= 0.6 is 0 Å². The van der Waals surface area contributed by atoms with Crippen molar-refractivity contribution in [3.8, 4) is 11.1 Å². The number of hydrogen-bond acceptors (Lipinski definition) is 3. The van der Waals surface area contributed by atoms with Crippen LogP contribution in [0.4, 0.5) is 5.95 Å². The lowest BCUT2D eigenvalue weighted by Gasteiger charge is -2.32. The molecule has 1 saturated heterocycles. The predicted molar refractivity (Wildman–Crippen MR) is 101 cm³/mol. The van der Waals surface area contributed by atoms with Gasteiger partial charge in [0.25, 0.3) is 0 Å². The first-order chi connectivity index (χ1) is 12.4. The first-order valence-electron chi connectivity index (χ1n) is 8.88. The first kappa shape index (κ1) is 15.8. The Labute approximate surface area is 148 Å². The Bertz CT molecular complexity index is 779. The fourth-order valence-electron chi connectivity index (χ4n) is 3.39. The van der Waals surface area contributed by atoms with E-state index in [1.165, 1.54) is 16.7 Å². The summed E-state index contributed by atoms with van der Waals surface area (Å²) < 4.78 is 0. The highest BCUT2D eigenvalue weighted by Gasteiger charge is 2.21. The summed E-state index contributed by atoms with van der Waals surface area (Å²) in [6.07, 6.45) is 3.63. The SMILES string of the molecule is c1ccc(-c2ccc(C[NH+]3CCN(c4ncccn4)CC3)cc2)cc1. The summed E-state index contributed by atoms with van der Waals surface area (Å²) in [5.74, 6) is 0.855. The molecule has 0 radical (unpaired) electrons. The van der Waals surface area contributed by atoms with Gasteiger partial charge in [-0.1, -0.05) is 54.6 Å². The number of aromatic nitrogens is 2. The number of piperazine rings is 1. The number of quaternary nitrogens is 1. The van der Waals surface area contributed by atoms with Crippen LogP contribution < -0.4 is 9.80 Å². The molecule has 0 saturated carbocycles. The Kier molecular flexibility index (Phi) is 4.70. The quantitative estimate of drug-likeness (QED) is 0.794. The predicted octanol–water partition coefficient (Wildman–Crippen LogP) is 2.05. The monoisotopic (exact) mass is 331 g/mol. The van der Waals surface area contributed by atoms with Gasteiger partial charge in [-0.05, 0) is 17.2 Å². The fourth-order valence-corrected chi connectivity index (χ4v) is 3.39. The van der Waals surface area contributed by atoms with Crippen LogP contribution in [-0.2, 0) is 6.54 Å². The van der Waals surface area contributed by atoms with E-state index in [4.69, 9.17) is 0 Å². The van der Waals surface area contributed by atoms with Gasteiger partial charge < -0.3 is 9.80 Å². The summed E-state index contributed by atoms with van der Waals surface area (Å²) in [6.45, 7) is 5.36. The fraction of sp³-hybridized carbons (Fsp3) is 0.238. The molecule has 4 nitrogen and oxygen atoms in total. The Morgan fingerprint density at radius 3 is 2.08 bits per heavy atom. The second-order valence-corrected chi connectivity index (χ2v) is 6.53. The lowest BCUT2D eigenvalue weighted by atomic mass is 10.0. The molecule has 0 bridgehead atoms. The van der Waals surface area contributed by atoms with Crippen LogP contribution in [-0.4, -0.2) is 36.1 Å². The molecule has 126 valence electrons. The normalized spacial score (nSPS) is 15.3. The van der Waals surface area contributed by atoms with Crippen molar-refractivity contribution in [2.45, 2.75) is 6.54 Å². The van der Waals surface area contributed by atoms with E-state index in [9.17, 15) is 0 Å². The topological polar surface area (TPSA) is 33.5 Å². The average molecular weight is 331 g/mol. The third-order valence-corrected chi connectivity index (χ3v) is 4.82. The second-order valence-electron chi connectivity index (χ2n) is 6.53. The van der Waals surface area contributed by atoms with Crippen LogP contribution in [0, 0.1) is 0 Å². The summed E-state index contributed by atoms with van der Waals surface area (Å²) in [5.41, 5.74) is 3.96. The molecule has 1 aromatic heterocycles. The third kappa shape index (κ3) is 3.86. The maximum atomic E-state index is 4.36. The van der Waals surface area contributed by atoms with Gasteiger partial charge in [-0.3, -0.25) is 0 Å². The molecule has 3 aromatic rings. The highest BCUT2D eigenvalue weighted by Crippen LogP contribution is 2.19. The van der Waals surface area contributed by atoms with E-state index < -0.39 is 0 Å². The highest BCUT2D eigenvalue weighted by molar-refractivity contribution is 5.63. The van der Waals surface area contributed by atoms with Crippen molar-refractivity contribution in [3.63, 3.8) is 0 Å². The van der Waals surface area contributed by atoms with Crippen molar-refractivity contribution in [2.75, 3.05) is 31.1 Å². The molecule has 1 fully saturated rings. The molecule has 0 atom stereocenters. The van der Waals surface area contributed by atoms with Crippen molar-refractivity contribution in [2.24, 2.45) is 0 Å². The Morgan fingerprint density at radius 2 is 1.40 bits per heavy atom. The van der Waals surface area contributed by atoms with Crippen molar-refractivity contribution < 1.29 is 4.90 Å². The molecule has 4 rings (SSSR count). The summed E-state index contributed by atoms with van der Waals surface area (Å²) >= 11 is 0. The van der Waals surface area contributed by atoms with Gasteiger partial charge in [0.05, 0.1) is 26.2 Å². The molecule has 2 heterocycles. The van der Waals surface area contributed by atoms with Gasteiger partial charge in [-0.25, -0.2) is 9.97 Å². The van der Waals surface area contributed by atoms with Gasteiger partial charge >= 0.3 is 0 Å². The van der Waals surface area contributed by atoms with E-state index in [-0.39, 0.29) is 0 Å². The smallest absolute Gasteiger partial charge is 0.225 e. The van der Waals surface area contributed by atoms with Gasteiger partial charge in [0.1, 0.15) is 6.54 Å². The molecule has 1 aliphatic heterocycles. The second kappa shape index (κ2) is 7.45. The maximum absolute atomic E-state index is 4.36. The lowest BCUT2D eigenvalue weighted by molar-refractivity contribution is -0.914. The molecule has 0 unspecified atom stereocenters. The molecule has 0 amide bonds.